The van der Waals surface area contributed by atoms with E-state index in [0.717, 1.165) is 19.7 Å². The minimum absolute atomic E-state index is 0.00551. The Labute approximate surface area is 126 Å². The van der Waals surface area contributed by atoms with Crippen LogP contribution in [0.1, 0.15) is 20.3 Å². The average molecular weight is 287 g/mol. The SMILES string of the molecule is CC12C=CC=CC1C1(C)N(CCOC13CN1CCC3C1)N2. The molecule has 4 nitrogen and oxygen atoms in total. The quantitative estimate of drug-likeness (QED) is 0.724. The van der Waals surface area contributed by atoms with Crippen molar-refractivity contribution in [2.75, 3.05) is 32.8 Å². The van der Waals surface area contributed by atoms with Crippen LogP contribution >= 0.6 is 0 Å². The second kappa shape index (κ2) is 3.80. The molecule has 6 atom stereocenters. The lowest BCUT2D eigenvalue weighted by Crippen LogP contribution is -2.72. The summed E-state index contributed by atoms with van der Waals surface area (Å²) in [6.07, 6.45) is 10.4. The van der Waals surface area contributed by atoms with Crippen molar-refractivity contribution in [3.63, 3.8) is 0 Å². The van der Waals surface area contributed by atoms with Crippen LogP contribution in [-0.4, -0.2) is 59.4 Å². The normalized spacial score (nSPS) is 57.9. The van der Waals surface area contributed by atoms with Crippen LogP contribution in [0.4, 0.5) is 0 Å². The fourth-order valence-corrected chi connectivity index (χ4v) is 5.99. The number of allylic oxidation sites excluding steroid dienone is 2. The highest BCUT2D eigenvalue weighted by atomic mass is 16.5. The van der Waals surface area contributed by atoms with Gasteiger partial charge in [-0.1, -0.05) is 24.3 Å². The van der Waals surface area contributed by atoms with E-state index in [2.05, 4.69) is 53.5 Å². The minimum atomic E-state index is -0.00551. The lowest BCUT2D eigenvalue weighted by atomic mass is 9.61. The highest BCUT2D eigenvalue weighted by Crippen LogP contribution is 2.57. The zero-order valence-electron chi connectivity index (χ0n) is 13.0. The third-order valence-corrected chi connectivity index (χ3v) is 6.97. The van der Waals surface area contributed by atoms with Gasteiger partial charge in [-0.25, -0.2) is 10.4 Å². The van der Waals surface area contributed by atoms with Crippen molar-refractivity contribution in [2.45, 2.75) is 36.9 Å². The molecule has 0 aromatic rings. The van der Waals surface area contributed by atoms with Gasteiger partial charge in [0, 0.05) is 31.5 Å². The largest absolute Gasteiger partial charge is 0.370 e. The molecular weight excluding hydrogens is 262 g/mol. The van der Waals surface area contributed by atoms with Crippen molar-refractivity contribution in [1.82, 2.24) is 15.3 Å². The maximum absolute atomic E-state index is 6.59. The van der Waals surface area contributed by atoms with Gasteiger partial charge in [-0.05, 0) is 26.8 Å². The summed E-state index contributed by atoms with van der Waals surface area (Å²) in [5.74, 6) is 1.16. The summed E-state index contributed by atoms with van der Waals surface area (Å²) in [5.41, 5.74) is 3.89. The Bertz CT molecular complexity index is 546. The number of hydrogen-bond acceptors (Lipinski definition) is 4. The van der Waals surface area contributed by atoms with Gasteiger partial charge >= 0.3 is 0 Å². The first-order valence-electron chi connectivity index (χ1n) is 8.36. The zero-order chi connectivity index (χ0) is 14.3. The number of hydrogen-bond donors (Lipinski definition) is 1. The number of nitrogens with zero attached hydrogens (tertiary/aromatic N) is 2. The second-order valence-corrected chi connectivity index (χ2v) is 7.87. The van der Waals surface area contributed by atoms with Crippen molar-refractivity contribution in [1.29, 1.82) is 0 Å². The summed E-state index contributed by atoms with van der Waals surface area (Å²) < 4.78 is 6.59. The minimum Gasteiger partial charge on any atom is -0.370 e. The van der Waals surface area contributed by atoms with Gasteiger partial charge in [0.2, 0.25) is 0 Å². The highest BCUT2D eigenvalue weighted by Gasteiger charge is 2.71. The molecule has 5 aliphatic rings. The van der Waals surface area contributed by atoms with Gasteiger partial charge in [-0.2, -0.15) is 0 Å². The summed E-state index contributed by atoms with van der Waals surface area (Å²) in [6.45, 7) is 10.2. The lowest BCUT2D eigenvalue weighted by Gasteiger charge is -2.57. The molecule has 4 saturated heterocycles. The zero-order valence-corrected chi connectivity index (χ0v) is 13.0. The molecule has 4 heteroatoms. The summed E-state index contributed by atoms with van der Waals surface area (Å²) in [7, 11) is 0. The van der Waals surface area contributed by atoms with E-state index >= 15 is 0 Å². The molecule has 2 bridgehead atoms. The molecule has 0 aromatic carbocycles. The Morgan fingerprint density at radius 3 is 2.90 bits per heavy atom. The second-order valence-electron chi connectivity index (χ2n) is 7.87. The Morgan fingerprint density at radius 1 is 1.24 bits per heavy atom. The monoisotopic (exact) mass is 287 g/mol. The molecule has 4 fully saturated rings. The predicted molar refractivity (Wildman–Crippen MR) is 81.7 cm³/mol. The number of ether oxygens (including phenoxy) is 1. The molecule has 5 rings (SSSR count). The number of hydrazine groups is 1. The summed E-state index contributed by atoms with van der Waals surface area (Å²) in [5, 5.41) is 2.52. The summed E-state index contributed by atoms with van der Waals surface area (Å²) >= 11 is 0. The molecule has 114 valence electrons. The van der Waals surface area contributed by atoms with Crippen LogP contribution in [0.5, 0.6) is 0 Å². The molecule has 4 aliphatic heterocycles. The number of nitrogens with one attached hydrogen (secondary N) is 1. The van der Waals surface area contributed by atoms with E-state index in [0.29, 0.717) is 11.8 Å². The molecule has 1 N–H and O–H groups in total. The molecule has 21 heavy (non-hydrogen) atoms. The van der Waals surface area contributed by atoms with Gasteiger partial charge in [-0.3, -0.25) is 4.90 Å². The first-order chi connectivity index (χ1) is 10.1. The summed E-state index contributed by atoms with van der Waals surface area (Å²) in [4.78, 5) is 2.61. The lowest BCUT2D eigenvalue weighted by molar-refractivity contribution is -0.213. The van der Waals surface area contributed by atoms with Crippen LogP contribution in [0.15, 0.2) is 24.3 Å². The van der Waals surface area contributed by atoms with Crippen molar-refractivity contribution >= 4 is 0 Å². The third kappa shape index (κ3) is 1.32. The van der Waals surface area contributed by atoms with E-state index in [9.17, 15) is 0 Å². The number of morpholine rings is 1. The van der Waals surface area contributed by atoms with Crippen molar-refractivity contribution in [2.24, 2.45) is 11.8 Å². The Balaban J connectivity index is 1.66. The number of piperidine rings is 1. The maximum atomic E-state index is 6.59. The van der Waals surface area contributed by atoms with Gasteiger partial charge in [-0.15, -0.1) is 0 Å². The smallest absolute Gasteiger partial charge is 0.105 e. The fourth-order valence-electron chi connectivity index (χ4n) is 5.99. The standard InChI is InChI=1S/C17H25N3O/c1-15-7-4-3-5-14(15)16(2)17(21-10-9-20(16)18-15)12-19-8-6-13(17)11-19/h3-5,7,13-14,18H,6,8-12H2,1-2H3. The number of rotatable bonds is 0. The highest BCUT2D eigenvalue weighted by molar-refractivity contribution is 5.35. The summed E-state index contributed by atoms with van der Waals surface area (Å²) in [6, 6.07) is 0. The molecule has 0 amide bonds. The van der Waals surface area contributed by atoms with E-state index in [1.54, 1.807) is 0 Å². The van der Waals surface area contributed by atoms with Gasteiger partial charge in [0.05, 0.1) is 17.7 Å². The maximum Gasteiger partial charge on any atom is 0.105 e. The van der Waals surface area contributed by atoms with E-state index in [4.69, 9.17) is 4.74 Å². The van der Waals surface area contributed by atoms with Gasteiger partial charge in [0.1, 0.15) is 5.60 Å². The van der Waals surface area contributed by atoms with Gasteiger partial charge in [0.15, 0.2) is 0 Å². The van der Waals surface area contributed by atoms with E-state index in [1.807, 2.05) is 0 Å². The van der Waals surface area contributed by atoms with Gasteiger partial charge in [0.25, 0.3) is 0 Å². The van der Waals surface area contributed by atoms with Crippen molar-refractivity contribution in [3.05, 3.63) is 24.3 Å². The molecule has 1 aliphatic carbocycles. The van der Waals surface area contributed by atoms with Crippen LogP contribution in [0.2, 0.25) is 0 Å². The Morgan fingerprint density at radius 2 is 2.14 bits per heavy atom. The first kappa shape index (κ1) is 12.8. The average Bonchev–Trinajstić information content (AvgIpc) is 3.11. The topological polar surface area (TPSA) is 27.7 Å². The third-order valence-electron chi connectivity index (χ3n) is 6.97. The molecular formula is C17H25N3O. The van der Waals surface area contributed by atoms with Crippen LogP contribution < -0.4 is 5.43 Å². The molecule has 6 unspecified atom stereocenters. The Kier molecular flexibility index (Phi) is 2.32. The van der Waals surface area contributed by atoms with Gasteiger partial charge < -0.3 is 4.74 Å². The van der Waals surface area contributed by atoms with Crippen molar-refractivity contribution < 1.29 is 4.74 Å². The van der Waals surface area contributed by atoms with Crippen molar-refractivity contribution in [3.8, 4) is 0 Å². The Hall–Kier alpha value is -0.680. The molecule has 4 heterocycles. The molecule has 0 saturated carbocycles. The van der Waals surface area contributed by atoms with Crippen LogP contribution in [0.3, 0.4) is 0 Å². The van der Waals surface area contributed by atoms with Crippen LogP contribution in [-0.2, 0) is 4.74 Å². The number of fused-ring (bicyclic) bond motifs is 7. The molecule has 1 spiro atoms. The van der Waals surface area contributed by atoms with E-state index in [-0.39, 0.29) is 16.7 Å². The predicted octanol–water partition coefficient (Wildman–Crippen LogP) is 1.17. The molecule has 0 radical (unpaired) electrons. The molecule has 0 aromatic heterocycles. The van der Waals surface area contributed by atoms with E-state index in [1.165, 1.54) is 19.5 Å². The van der Waals surface area contributed by atoms with Crippen LogP contribution in [0.25, 0.3) is 0 Å². The van der Waals surface area contributed by atoms with Crippen LogP contribution in [0, 0.1) is 11.8 Å². The van der Waals surface area contributed by atoms with E-state index < -0.39 is 0 Å². The fraction of sp³-hybridized carbons (Fsp3) is 0.765. The first-order valence-corrected chi connectivity index (χ1v) is 8.36.